The van der Waals surface area contributed by atoms with Crippen molar-refractivity contribution in [3.8, 4) is 0 Å². The van der Waals surface area contributed by atoms with Gasteiger partial charge >= 0.3 is 0 Å². The Kier molecular flexibility index (Phi) is 16.3. The molecular formula is C24H48N6O2. The van der Waals surface area contributed by atoms with Crippen molar-refractivity contribution in [1.29, 1.82) is 0 Å². The molecule has 186 valence electrons. The molecule has 0 aliphatic carbocycles. The maximum atomic E-state index is 11.6. The summed E-state index contributed by atoms with van der Waals surface area (Å²) in [5, 5.41) is 0. The van der Waals surface area contributed by atoms with E-state index in [0.29, 0.717) is 32.1 Å². The van der Waals surface area contributed by atoms with E-state index < -0.39 is 0 Å². The van der Waals surface area contributed by atoms with Gasteiger partial charge in [-0.2, -0.15) is 0 Å². The van der Waals surface area contributed by atoms with Crippen molar-refractivity contribution in [1.82, 2.24) is 14.7 Å². The van der Waals surface area contributed by atoms with Crippen molar-refractivity contribution in [2.24, 2.45) is 23.1 Å². The molecule has 2 amide bonds. The zero-order valence-corrected chi connectivity index (χ0v) is 20.4. The number of amides is 2. The van der Waals surface area contributed by atoms with E-state index in [2.05, 4.69) is 16.7 Å². The van der Waals surface area contributed by atoms with Crippen LogP contribution in [0.3, 0.4) is 0 Å². The van der Waals surface area contributed by atoms with E-state index >= 15 is 0 Å². The van der Waals surface area contributed by atoms with E-state index in [0.717, 1.165) is 65.0 Å². The second-order valence-electron chi connectivity index (χ2n) is 8.86. The van der Waals surface area contributed by atoms with Crippen LogP contribution in [0.1, 0.15) is 58.3 Å². The minimum Gasteiger partial charge on any atom is -0.329 e. The Labute approximate surface area is 195 Å². The van der Waals surface area contributed by atoms with Gasteiger partial charge in [0.05, 0.1) is 0 Å². The predicted octanol–water partition coefficient (Wildman–Crippen LogP) is 1.15. The number of rotatable bonds is 21. The fourth-order valence-corrected chi connectivity index (χ4v) is 4.41. The summed E-state index contributed by atoms with van der Waals surface area (Å²) in [7, 11) is 0. The Morgan fingerprint density at radius 1 is 0.719 bits per heavy atom. The van der Waals surface area contributed by atoms with Gasteiger partial charge < -0.3 is 27.0 Å². The summed E-state index contributed by atoms with van der Waals surface area (Å²) in [6.45, 7) is 10.9. The lowest BCUT2D eigenvalue weighted by atomic mass is 9.93. The topological polar surface area (TPSA) is 122 Å². The van der Waals surface area contributed by atoms with Crippen LogP contribution in [0, 0.1) is 5.92 Å². The van der Waals surface area contributed by atoms with Crippen molar-refractivity contribution in [3.05, 3.63) is 12.2 Å². The lowest BCUT2D eigenvalue weighted by Crippen LogP contribution is -2.36. The molecule has 1 rings (SSSR count). The van der Waals surface area contributed by atoms with Crippen LogP contribution in [0.4, 0.5) is 0 Å². The highest BCUT2D eigenvalue weighted by Crippen LogP contribution is 2.20. The van der Waals surface area contributed by atoms with Crippen molar-refractivity contribution in [2.45, 2.75) is 58.3 Å². The largest absolute Gasteiger partial charge is 0.329 e. The summed E-state index contributed by atoms with van der Waals surface area (Å²) in [5.74, 6) is 0.323. The minimum atomic E-state index is -0.177. The molecule has 0 fully saturated rings. The third-order valence-corrected chi connectivity index (χ3v) is 6.23. The Hall–Kier alpha value is -1.32. The molecule has 1 aliphatic rings. The number of unbranched alkanes of at least 4 members (excludes halogenated alkanes) is 3. The van der Waals surface area contributed by atoms with Crippen LogP contribution >= 0.6 is 0 Å². The van der Waals surface area contributed by atoms with Crippen molar-refractivity contribution in [2.75, 3.05) is 65.4 Å². The van der Waals surface area contributed by atoms with Gasteiger partial charge in [0.25, 0.3) is 11.8 Å². The van der Waals surface area contributed by atoms with Gasteiger partial charge in [0.15, 0.2) is 0 Å². The minimum absolute atomic E-state index is 0.177. The Morgan fingerprint density at radius 2 is 1.22 bits per heavy atom. The molecule has 8 nitrogen and oxygen atoms in total. The smallest absolute Gasteiger partial charge is 0.253 e. The van der Waals surface area contributed by atoms with Gasteiger partial charge in [0, 0.05) is 58.0 Å². The van der Waals surface area contributed by atoms with Gasteiger partial charge in [0.2, 0.25) is 0 Å². The molecule has 0 aromatic carbocycles. The molecule has 0 spiro atoms. The fraction of sp³-hybridized carbons (Fsp3) is 0.833. The third-order valence-electron chi connectivity index (χ3n) is 6.23. The van der Waals surface area contributed by atoms with Gasteiger partial charge in [-0.05, 0) is 51.2 Å². The number of hydrogen-bond donors (Lipinski definition) is 3. The van der Waals surface area contributed by atoms with Crippen LogP contribution in [-0.2, 0) is 9.59 Å². The quantitative estimate of drug-likeness (QED) is 0.176. The second kappa shape index (κ2) is 18.1. The van der Waals surface area contributed by atoms with E-state index in [1.165, 1.54) is 42.7 Å². The number of carbonyl (C=O) groups excluding carboxylic acids is 2. The van der Waals surface area contributed by atoms with E-state index in [-0.39, 0.29) is 11.8 Å². The summed E-state index contributed by atoms with van der Waals surface area (Å²) in [6, 6.07) is 0. The zero-order valence-electron chi connectivity index (χ0n) is 20.4. The average molecular weight is 453 g/mol. The van der Waals surface area contributed by atoms with Gasteiger partial charge in [-0.1, -0.05) is 32.6 Å². The number of nitrogens with zero attached hydrogens (tertiary/aromatic N) is 3. The summed E-state index contributed by atoms with van der Waals surface area (Å²) in [5.41, 5.74) is 17.3. The number of hydrogen-bond acceptors (Lipinski definition) is 7. The van der Waals surface area contributed by atoms with Crippen molar-refractivity contribution in [3.63, 3.8) is 0 Å². The van der Waals surface area contributed by atoms with Crippen molar-refractivity contribution < 1.29 is 9.59 Å². The number of imide groups is 1. The lowest BCUT2D eigenvalue weighted by Gasteiger charge is -2.27. The standard InChI is InChI=1S/C24H48N6O2/c1-2-15-28(19-12-25)17-10-22(11-18-29(20-13-26)21-14-27)7-5-3-4-6-16-30-23(31)8-9-24(30)32/h8-9,22H,2-7,10-21,25-27H2,1H3. The molecular weight excluding hydrogens is 404 g/mol. The molecule has 0 aromatic heterocycles. The Bertz CT molecular complexity index is 493. The molecule has 0 aromatic rings. The summed E-state index contributed by atoms with van der Waals surface area (Å²) < 4.78 is 0. The molecule has 8 heteroatoms. The van der Waals surface area contributed by atoms with Gasteiger partial charge in [-0.25, -0.2) is 0 Å². The zero-order chi connectivity index (χ0) is 23.6. The highest BCUT2D eigenvalue weighted by molar-refractivity contribution is 6.12. The van der Waals surface area contributed by atoms with Crippen LogP contribution < -0.4 is 17.2 Å². The first kappa shape index (κ1) is 28.7. The lowest BCUT2D eigenvalue weighted by molar-refractivity contribution is -0.136. The number of carbonyl (C=O) groups is 2. The molecule has 1 unspecified atom stereocenters. The van der Waals surface area contributed by atoms with E-state index in [1.807, 2.05) is 0 Å². The van der Waals surface area contributed by atoms with Crippen LogP contribution in [0.5, 0.6) is 0 Å². The molecule has 32 heavy (non-hydrogen) atoms. The summed E-state index contributed by atoms with van der Waals surface area (Å²) >= 11 is 0. The highest BCUT2D eigenvalue weighted by Gasteiger charge is 2.22. The van der Waals surface area contributed by atoms with Crippen LogP contribution in [0.15, 0.2) is 12.2 Å². The SMILES string of the molecule is CCCN(CCN)CCC(CCCCCCN1C(=O)C=CC1=O)CCN(CCN)CCN. The van der Waals surface area contributed by atoms with Gasteiger partial charge in [-0.3, -0.25) is 14.5 Å². The Morgan fingerprint density at radius 3 is 1.72 bits per heavy atom. The molecule has 0 radical (unpaired) electrons. The van der Waals surface area contributed by atoms with Crippen LogP contribution in [-0.4, -0.2) is 92.0 Å². The summed E-state index contributed by atoms with van der Waals surface area (Å²) in [6.07, 6.45) is 11.7. The maximum Gasteiger partial charge on any atom is 0.253 e. The Balaban J connectivity index is 2.41. The maximum absolute atomic E-state index is 11.6. The molecule has 1 atom stereocenters. The van der Waals surface area contributed by atoms with Gasteiger partial charge in [-0.15, -0.1) is 0 Å². The number of nitrogens with two attached hydrogens (primary N) is 3. The molecule has 0 saturated heterocycles. The summed E-state index contributed by atoms with van der Waals surface area (Å²) in [4.78, 5) is 29.5. The first-order valence-corrected chi connectivity index (χ1v) is 12.6. The predicted molar refractivity (Wildman–Crippen MR) is 132 cm³/mol. The first-order chi connectivity index (χ1) is 15.5. The highest BCUT2D eigenvalue weighted by atomic mass is 16.2. The fourth-order valence-electron chi connectivity index (χ4n) is 4.41. The third kappa shape index (κ3) is 12.1. The molecule has 1 heterocycles. The van der Waals surface area contributed by atoms with E-state index in [1.54, 1.807) is 0 Å². The molecule has 0 saturated carbocycles. The average Bonchev–Trinajstić information content (AvgIpc) is 3.09. The molecule has 1 aliphatic heterocycles. The second-order valence-corrected chi connectivity index (χ2v) is 8.86. The van der Waals surface area contributed by atoms with E-state index in [4.69, 9.17) is 17.2 Å². The normalized spacial score (nSPS) is 15.0. The first-order valence-electron chi connectivity index (χ1n) is 12.6. The van der Waals surface area contributed by atoms with Gasteiger partial charge in [0.1, 0.15) is 0 Å². The van der Waals surface area contributed by atoms with Crippen LogP contribution in [0.2, 0.25) is 0 Å². The molecule has 6 N–H and O–H groups in total. The van der Waals surface area contributed by atoms with Crippen molar-refractivity contribution >= 4 is 11.8 Å². The van der Waals surface area contributed by atoms with E-state index in [9.17, 15) is 9.59 Å². The monoisotopic (exact) mass is 452 g/mol. The van der Waals surface area contributed by atoms with Crippen LogP contribution in [0.25, 0.3) is 0 Å². The molecule has 0 bridgehead atoms.